The molecular weight excluding hydrogens is 308 g/mol. The number of hydrogen-bond acceptors (Lipinski definition) is 3. The minimum Gasteiger partial charge on any atom is -0.367 e. The van der Waals surface area contributed by atoms with Gasteiger partial charge in [0, 0.05) is 17.1 Å². The van der Waals surface area contributed by atoms with Gasteiger partial charge < -0.3 is 21.4 Å². The van der Waals surface area contributed by atoms with E-state index in [0.29, 0.717) is 11.3 Å². The summed E-state index contributed by atoms with van der Waals surface area (Å²) in [4.78, 5) is 34.9. The lowest BCUT2D eigenvalue weighted by Gasteiger charge is -2.13. The summed E-state index contributed by atoms with van der Waals surface area (Å²) in [7, 11) is 0. The Morgan fingerprint density at radius 2 is 1.67 bits per heavy atom. The van der Waals surface area contributed by atoms with Crippen LogP contribution in [0.2, 0.25) is 0 Å². The van der Waals surface area contributed by atoms with Gasteiger partial charge in [-0.2, -0.15) is 0 Å². The number of carbonyl (C=O) groups is 3. The summed E-state index contributed by atoms with van der Waals surface area (Å²) in [5.74, 6) is -2.57. The molecule has 0 atom stereocenters. The van der Waals surface area contributed by atoms with E-state index in [9.17, 15) is 14.4 Å². The summed E-state index contributed by atoms with van der Waals surface area (Å²) in [6.07, 6.45) is 0. The van der Waals surface area contributed by atoms with Crippen molar-refractivity contribution < 1.29 is 14.4 Å². The van der Waals surface area contributed by atoms with E-state index in [0.717, 1.165) is 16.9 Å². The van der Waals surface area contributed by atoms with Crippen LogP contribution in [0.4, 0.5) is 0 Å². The van der Waals surface area contributed by atoms with Crippen LogP contribution in [-0.2, 0) is 9.59 Å². The lowest BCUT2D eigenvalue weighted by Crippen LogP contribution is -2.52. The minimum absolute atomic E-state index is 0.349. The molecule has 7 nitrogen and oxygen atoms in total. The average molecular weight is 328 g/mol. The fourth-order valence-electron chi connectivity index (χ4n) is 2.65. The number of rotatable bonds is 5. The first-order valence-electron chi connectivity index (χ1n) is 7.38. The molecule has 1 aromatic carbocycles. The van der Waals surface area contributed by atoms with Crippen molar-refractivity contribution in [2.24, 2.45) is 11.5 Å². The summed E-state index contributed by atoms with van der Waals surface area (Å²) in [6, 6.07) is 7.99. The summed E-state index contributed by atoms with van der Waals surface area (Å²) < 4.78 is 1.92. The Morgan fingerprint density at radius 1 is 1.04 bits per heavy atom. The fourth-order valence-corrected chi connectivity index (χ4v) is 2.65. The van der Waals surface area contributed by atoms with E-state index < -0.39 is 23.8 Å². The molecule has 0 aliphatic rings. The second-order valence-electron chi connectivity index (χ2n) is 5.67. The van der Waals surface area contributed by atoms with Crippen LogP contribution in [0.1, 0.15) is 27.3 Å². The molecule has 0 saturated carbocycles. The summed E-state index contributed by atoms with van der Waals surface area (Å²) in [5, 5.41) is 2.28. The average Bonchev–Trinajstić information content (AvgIpc) is 2.78. The molecule has 0 saturated heterocycles. The predicted molar refractivity (Wildman–Crippen MR) is 89.6 cm³/mol. The highest BCUT2D eigenvalue weighted by Gasteiger charge is 2.26. The van der Waals surface area contributed by atoms with Crippen LogP contribution in [0, 0.1) is 20.8 Å². The third-order valence-electron chi connectivity index (χ3n) is 3.78. The zero-order valence-corrected chi connectivity index (χ0v) is 13.8. The predicted octanol–water partition coefficient (Wildman–Crippen LogP) is 0.472. The molecule has 126 valence electrons. The smallest absolute Gasteiger partial charge is 0.254 e. The van der Waals surface area contributed by atoms with E-state index in [2.05, 4.69) is 5.32 Å². The SMILES string of the molecule is Cc1cccc(-n2c(C)cc(C(=O)NC(C(N)=O)C(N)=O)c2C)c1. The molecule has 0 aliphatic carbocycles. The van der Waals surface area contributed by atoms with Crippen LogP contribution in [0.3, 0.4) is 0 Å². The Kier molecular flexibility index (Phi) is 4.73. The van der Waals surface area contributed by atoms with E-state index in [1.165, 1.54) is 0 Å². The van der Waals surface area contributed by atoms with Gasteiger partial charge in [-0.05, 0) is 44.5 Å². The lowest BCUT2D eigenvalue weighted by atomic mass is 10.2. The Morgan fingerprint density at radius 3 is 2.21 bits per heavy atom. The molecule has 1 aromatic heterocycles. The quantitative estimate of drug-likeness (QED) is 0.692. The first-order chi connectivity index (χ1) is 11.2. The van der Waals surface area contributed by atoms with Gasteiger partial charge in [-0.15, -0.1) is 0 Å². The molecule has 7 heteroatoms. The molecule has 0 unspecified atom stereocenters. The Balaban J connectivity index is 2.40. The number of aromatic nitrogens is 1. The minimum atomic E-state index is -1.54. The standard InChI is InChI=1S/C17H20N4O3/c1-9-5-4-6-12(7-9)21-10(2)8-13(11(21)3)17(24)20-14(15(18)22)16(19)23/h4-8,14H,1-3H3,(H2,18,22)(H2,19,23)(H,20,24). The maximum absolute atomic E-state index is 12.4. The Labute approximate surface area is 139 Å². The van der Waals surface area contributed by atoms with E-state index in [1.54, 1.807) is 13.0 Å². The van der Waals surface area contributed by atoms with Gasteiger partial charge in [0.1, 0.15) is 0 Å². The maximum atomic E-state index is 12.4. The number of benzene rings is 1. The second-order valence-corrected chi connectivity index (χ2v) is 5.67. The molecular formula is C17H20N4O3. The van der Waals surface area contributed by atoms with Gasteiger partial charge in [-0.1, -0.05) is 12.1 Å². The Hall–Kier alpha value is -3.09. The zero-order chi connectivity index (χ0) is 18.0. The van der Waals surface area contributed by atoms with Gasteiger partial charge in [0.25, 0.3) is 5.91 Å². The number of nitrogens with two attached hydrogens (primary N) is 2. The van der Waals surface area contributed by atoms with Crippen molar-refractivity contribution in [2.75, 3.05) is 0 Å². The normalized spacial score (nSPS) is 10.7. The highest BCUT2D eigenvalue weighted by Crippen LogP contribution is 2.21. The number of carbonyl (C=O) groups excluding carboxylic acids is 3. The van der Waals surface area contributed by atoms with Crippen molar-refractivity contribution in [3.05, 3.63) is 52.8 Å². The van der Waals surface area contributed by atoms with Gasteiger partial charge in [-0.3, -0.25) is 14.4 Å². The highest BCUT2D eigenvalue weighted by atomic mass is 16.2. The van der Waals surface area contributed by atoms with Crippen molar-refractivity contribution >= 4 is 17.7 Å². The summed E-state index contributed by atoms with van der Waals surface area (Å²) >= 11 is 0. The highest BCUT2D eigenvalue weighted by molar-refractivity contribution is 6.08. The third-order valence-corrected chi connectivity index (χ3v) is 3.78. The van der Waals surface area contributed by atoms with Crippen LogP contribution in [0.25, 0.3) is 5.69 Å². The molecule has 2 rings (SSSR count). The van der Waals surface area contributed by atoms with E-state index in [4.69, 9.17) is 11.5 Å². The summed E-state index contributed by atoms with van der Waals surface area (Å²) in [6.45, 7) is 5.63. The molecule has 3 amide bonds. The Bertz CT molecular complexity index is 809. The zero-order valence-electron chi connectivity index (χ0n) is 13.8. The van der Waals surface area contributed by atoms with Crippen LogP contribution in [0.5, 0.6) is 0 Å². The van der Waals surface area contributed by atoms with Crippen LogP contribution in [-0.4, -0.2) is 28.3 Å². The monoisotopic (exact) mass is 328 g/mol. The van der Waals surface area contributed by atoms with Crippen molar-refractivity contribution in [3.63, 3.8) is 0 Å². The number of amides is 3. The van der Waals surface area contributed by atoms with Crippen LogP contribution in [0.15, 0.2) is 30.3 Å². The van der Waals surface area contributed by atoms with Gasteiger partial charge in [0.15, 0.2) is 6.04 Å². The topological polar surface area (TPSA) is 120 Å². The first-order valence-corrected chi connectivity index (χ1v) is 7.38. The second kappa shape index (κ2) is 6.57. The fraction of sp³-hybridized carbons (Fsp3) is 0.235. The first kappa shape index (κ1) is 17.3. The lowest BCUT2D eigenvalue weighted by molar-refractivity contribution is -0.128. The molecule has 5 N–H and O–H groups in total. The van der Waals surface area contributed by atoms with E-state index in [-0.39, 0.29) is 0 Å². The number of primary amides is 2. The van der Waals surface area contributed by atoms with E-state index in [1.807, 2.05) is 42.7 Å². The molecule has 0 bridgehead atoms. The molecule has 24 heavy (non-hydrogen) atoms. The summed E-state index contributed by atoms with van der Waals surface area (Å²) in [5.41, 5.74) is 14.1. The van der Waals surface area contributed by atoms with Gasteiger partial charge >= 0.3 is 0 Å². The molecule has 2 aromatic rings. The number of hydrogen-bond donors (Lipinski definition) is 3. The van der Waals surface area contributed by atoms with Crippen molar-refractivity contribution in [3.8, 4) is 5.69 Å². The molecule has 0 aliphatic heterocycles. The van der Waals surface area contributed by atoms with Crippen molar-refractivity contribution in [2.45, 2.75) is 26.8 Å². The van der Waals surface area contributed by atoms with Crippen molar-refractivity contribution in [1.82, 2.24) is 9.88 Å². The molecule has 0 spiro atoms. The van der Waals surface area contributed by atoms with Crippen LogP contribution < -0.4 is 16.8 Å². The number of nitrogens with zero attached hydrogens (tertiary/aromatic N) is 1. The van der Waals surface area contributed by atoms with Gasteiger partial charge in [0.05, 0.1) is 5.56 Å². The third kappa shape index (κ3) is 3.29. The molecule has 0 radical (unpaired) electrons. The number of aryl methyl sites for hydroxylation is 2. The maximum Gasteiger partial charge on any atom is 0.254 e. The van der Waals surface area contributed by atoms with Gasteiger partial charge in [0.2, 0.25) is 11.8 Å². The van der Waals surface area contributed by atoms with Crippen molar-refractivity contribution in [1.29, 1.82) is 0 Å². The number of nitrogens with one attached hydrogen (secondary N) is 1. The van der Waals surface area contributed by atoms with Crippen LogP contribution >= 0.6 is 0 Å². The molecule has 0 fully saturated rings. The van der Waals surface area contributed by atoms with Gasteiger partial charge in [-0.25, -0.2) is 0 Å². The van der Waals surface area contributed by atoms with E-state index >= 15 is 0 Å². The molecule has 1 heterocycles. The largest absolute Gasteiger partial charge is 0.367 e.